The molecule has 3 heterocycles. The van der Waals surface area contributed by atoms with Crippen LogP contribution in [0.15, 0.2) is 17.5 Å². The summed E-state index contributed by atoms with van der Waals surface area (Å²) >= 11 is 2.94. The molecule has 146 valence electrons. The maximum absolute atomic E-state index is 12.3. The highest BCUT2D eigenvalue weighted by molar-refractivity contribution is 7.17. The number of carbonyl (C=O) groups is 2. The maximum atomic E-state index is 12.3. The minimum absolute atomic E-state index is 0.0561. The molecule has 3 rings (SSSR count). The summed E-state index contributed by atoms with van der Waals surface area (Å²) < 4.78 is 11.1. The van der Waals surface area contributed by atoms with Gasteiger partial charge in [0.05, 0.1) is 29.8 Å². The van der Waals surface area contributed by atoms with Gasteiger partial charge in [0, 0.05) is 23.8 Å². The number of aromatic nitrogens is 1. The van der Waals surface area contributed by atoms with Gasteiger partial charge in [-0.05, 0) is 31.9 Å². The average Bonchev–Trinajstić information content (AvgIpc) is 3.38. The summed E-state index contributed by atoms with van der Waals surface area (Å²) in [4.78, 5) is 29.8. The highest BCUT2D eigenvalue weighted by Crippen LogP contribution is 2.30. The van der Waals surface area contributed by atoms with Gasteiger partial charge in [0.2, 0.25) is 5.91 Å². The first-order valence-electron chi connectivity index (χ1n) is 8.84. The average molecular weight is 410 g/mol. The molecule has 0 bridgehead atoms. The van der Waals surface area contributed by atoms with E-state index in [1.807, 2.05) is 17.5 Å². The van der Waals surface area contributed by atoms with Gasteiger partial charge in [-0.15, -0.1) is 22.7 Å². The summed E-state index contributed by atoms with van der Waals surface area (Å²) in [7, 11) is 0. The van der Waals surface area contributed by atoms with Crippen molar-refractivity contribution in [3.8, 4) is 10.6 Å². The first kappa shape index (κ1) is 19.9. The van der Waals surface area contributed by atoms with Gasteiger partial charge in [0.25, 0.3) is 5.91 Å². The van der Waals surface area contributed by atoms with E-state index >= 15 is 0 Å². The summed E-state index contributed by atoms with van der Waals surface area (Å²) in [6, 6.07) is 3.93. The van der Waals surface area contributed by atoms with Crippen molar-refractivity contribution in [3.63, 3.8) is 0 Å². The van der Waals surface area contributed by atoms with E-state index in [0.29, 0.717) is 18.3 Å². The molecule has 0 saturated carbocycles. The number of rotatable bonds is 8. The number of hydrogen-bond donors (Lipinski definition) is 2. The summed E-state index contributed by atoms with van der Waals surface area (Å²) in [5, 5.41) is 8.03. The Labute approximate surface area is 166 Å². The fraction of sp³-hybridized carbons (Fsp3) is 0.500. The van der Waals surface area contributed by atoms with Crippen LogP contribution in [0, 0.1) is 0 Å². The first-order valence-corrected chi connectivity index (χ1v) is 10.5. The monoisotopic (exact) mass is 409 g/mol. The number of ether oxygens (including phenoxy) is 2. The van der Waals surface area contributed by atoms with Crippen molar-refractivity contribution in [1.29, 1.82) is 0 Å². The Morgan fingerprint density at radius 2 is 2.30 bits per heavy atom. The van der Waals surface area contributed by atoms with Gasteiger partial charge in [-0.2, -0.15) is 0 Å². The highest BCUT2D eigenvalue weighted by Gasteiger charge is 2.20. The second kappa shape index (κ2) is 9.41. The lowest BCUT2D eigenvalue weighted by Crippen LogP contribution is -2.30. The van der Waals surface area contributed by atoms with E-state index < -0.39 is 6.10 Å². The molecule has 2 aromatic rings. The van der Waals surface area contributed by atoms with Gasteiger partial charge in [-0.3, -0.25) is 14.9 Å². The van der Waals surface area contributed by atoms with Crippen molar-refractivity contribution in [3.05, 3.63) is 22.4 Å². The fourth-order valence-electron chi connectivity index (χ4n) is 2.58. The second-order valence-electron chi connectivity index (χ2n) is 6.31. The Balaban J connectivity index is 1.51. The third-order valence-corrected chi connectivity index (χ3v) is 5.95. The van der Waals surface area contributed by atoms with Crippen molar-refractivity contribution >= 4 is 39.6 Å². The van der Waals surface area contributed by atoms with E-state index in [-0.39, 0.29) is 17.9 Å². The molecule has 2 unspecified atom stereocenters. The maximum Gasteiger partial charge on any atom is 0.254 e. The molecule has 1 aliphatic rings. The molecule has 2 amide bonds. The normalized spacial score (nSPS) is 17.6. The van der Waals surface area contributed by atoms with Crippen LogP contribution in [-0.4, -0.2) is 42.2 Å². The quantitative estimate of drug-likeness (QED) is 0.699. The molecule has 2 atom stereocenters. The predicted molar refractivity (Wildman–Crippen MR) is 106 cm³/mol. The number of carbonyl (C=O) groups excluding carboxylic acids is 2. The Kier molecular flexibility index (Phi) is 6.95. The molecular weight excluding hydrogens is 386 g/mol. The lowest BCUT2D eigenvalue weighted by atomic mass is 10.2. The van der Waals surface area contributed by atoms with Gasteiger partial charge in [0.15, 0.2) is 5.13 Å². The molecule has 1 aliphatic heterocycles. The van der Waals surface area contributed by atoms with E-state index in [9.17, 15) is 9.59 Å². The smallest absolute Gasteiger partial charge is 0.254 e. The Morgan fingerprint density at radius 3 is 3.04 bits per heavy atom. The van der Waals surface area contributed by atoms with Gasteiger partial charge in [0.1, 0.15) is 6.10 Å². The minimum Gasteiger partial charge on any atom is -0.376 e. The van der Waals surface area contributed by atoms with Crippen molar-refractivity contribution in [2.24, 2.45) is 0 Å². The van der Waals surface area contributed by atoms with Gasteiger partial charge >= 0.3 is 0 Å². The van der Waals surface area contributed by atoms with Crippen molar-refractivity contribution in [2.75, 3.05) is 18.5 Å². The number of thiophene rings is 1. The molecule has 27 heavy (non-hydrogen) atoms. The number of amides is 2. The number of nitrogens with zero attached hydrogens (tertiary/aromatic N) is 1. The van der Waals surface area contributed by atoms with Crippen LogP contribution in [0.25, 0.3) is 10.6 Å². The molecule has 0 aromatic carbocycles. The lowest BCUT2D eigenvalue weighted by molar-refractivity contribution is -0.128. The van der Waals surface area contributed by atoms with Crippen molar-refractivity contribution < 1.29 is 19.1 Å². The number of nitrogens with one attached hydrogen (secondary N) is 2. The third-order valence-electron chi connectivity index (χ3n) is 4.09. The van der Waals surface area contributed by atoms with E-state index in [1.54, 1.807) is 18.3 Å². The van der Waals surface area contributed by atoms with Crippen LogP contribution in [0.5, 0.6) is 0 Å². The van der Waals surface area contributed by atoms with Crippen LogP contribution in [0.2, 0.25) is 0 Å². The van der Waals surface area contributed by atoms with Gasteiger partial charge in [-0.25, -0.2) is 4.98 Å². The Morgan fingerprint density at radius 1 is 1.44 bits per heavy atom. The zero-order chi connectivity index (χ0) is 19.2. The van der Waals surface area contributed by atoms with Crippen LogP contribution >= 0.6 is 22.7 Å². The Bertz CT molecular complexity index is 783. The first-order chi connectivity index (χ1) is 13.0. The standard InChI is InChI=1S/C18H23N3O4S2/c1-11(25-9-13-4-3-7-24-13)17(23)21-18-20-15(10-26-18)16-6-5-14(27-16)8-19-12(2)22/h5-6,10-11,13H,3-4,7-9H2,1-2H3,(H,19,22)(H,20,21,23). The zero-order valence-corrected chi connectivity index (χ0v) is 17.0. The van der Waals surface area contributed by atoms with Gasteiger partial charge < -0.3 is 14.8 Å². The van der Waals surface area contributed by atoms with Crippen LogP contribution < -0.4 is 10.6 Å². The summed E-state index contributed by atoms with van der Waals surface area (Å²) in [5.41, 5.74) is 0.808. The second-order valence-corrected chi connectivity index (χ2v) is 8.34. The van der Waals surface area contributed by atoms with Crippen molar-refractivity contribution in [2.45, 2.75) is 45.4 Å². The van der Waals surface area contributed by atoms with Crippen LogP contribution in [0.1, 0.15) is 31.6 Å². The SMILES string of the molecule is CC(=O)NCc1ccc(-c2csc(NC(=O)C(C)OCC3CCCO3)n2)s1. The lowest BCUT2D eigenvalue weighted by Gasteiger charge is -2.15. The molecule has 0 radical (unpaired) electrons. The predicted octanol–water partition coefficient (Wildman–Crippen LogP) is 3.03. The van der Waals surface area contributed by atoms with Crippen molar-refractivity contribution in [1.82, 2.24) is 10.3 Å². The molecule has 2 N–H and O–H groups in total. The Hall–Kier alpha value is -1.81. The molecule has 1 saturated heterocycles. The van der Waals surface area contributed by atoms with E-state index in [1.165, 1.54) is 18.3 Å². The molecule has 9 heteroatoms. The number of hydrogen-bond acceptors (Lipinski definition) is 7. The number of thiazole rings is 1. The zero-order valence-electron chi connectivity index (χ0n) is 15.3. The molecule has 0 aliphatic carbocycles. The van der Waals surface area contributed by atoms with Crippen LogP contribution in [-0.2, 0) is 25.6 Å². The summed E-state index contributed by atoms with van der Waals surface area (Å²) in [5.74, 6) is -0.272. The molecular formula is C18H23N3O4S2. The van der Waals surface area contributed by atoms with E-state index in [0.717, 1.165) is 34.9 Å². The third kappa shape index (κ3) is 5.83. The van der Waals surface area contributed by atoms with E-state index in [4.69, 9.17) is 9.47 Å². The minimum atomic E-state index is -0.562. The fourth-order valence-corrected chi connectivity index (χ4v) is 4.27. The molecule has 0 spiro atoms. The topological polar surface area (TPSA) is 89.6 Å². The number of anilines is 1. The summed E-state index contributed by atoms with van der Waals surface area (Å²) in [6.07, 6.45) is 1.56. The van der Waals surface area contributed by atoms with E-state index in [2.05, 4.69) is 15.6 Å². The van der Waals surface area contributed by atoms with Gasteiger partial charge in [-0.1, -0.05) is 0 Å². The van der Waals surface area contributed by atoms with Crippen LogP contribution in [0.4, 0.5) is 5.13 Å². The van der Waals surface area contributed by atoms with Crippen LogP contribution in [0.3, 0.4) is 0 Å². The summed E-state index contributed by atoms with van der Waals surface area (Å²) in [6.45, 7) is 4.94. The molecule has 1 fully saturated rings. The molecule has 2 aromatic heterocycles. The molecule has 7 nitrogen and oxygen atoms in total. The highest BCUT2D eigenvalue weighted by atomic mass is 32.1. The largest absolute Gasteiger partial charge is 0.376 e.